The topological polar surface area (TPSA) is 97.8 Å². The second kappa shape index (κ2) is 7.54. The monoisotopic (exact) mass is 420 g/mol. The number of likely N-dealkylation sites (tertiary alicyclic amines) is 1. The predicted molar refractivity (Wildman–Crippen MR) is 109 cm³/mol. The maximum absolute atomic E-state index is 13.1. The smallest absolute Gasteiger partial charge is 0.274 e. The van der Waals surface area contributed by atoms with Crippen LogP contribution in [0, 0.1) is 0 Å². The van der Waals surface area contributed by atoms with Crippen LogP contribution in [0.5, 0.6) is 0 Å². The number of pyridine rings is 1. The van der Waals surface area contributed by atoms with E-state index in [4.69, 9.17) is 5.73 Å². The number of hydrogen-bond acceptors (Lipinski definition) is 5. The molecule has 9 heteroatoms. The van der Waals surface area contributed by atoms with Crippen molar-refractivity contribution in [2.24, 2.45) is 5.73 Å². The van der Waals surface area contributed by atoms with Gasteiger partial charge < -0.3 is 10.6 Å². The van der Waals surface area contributed by atoms with E-state index >= 15 is 0 Å². The number of nitrogens with two attached hydrogens (primary N) is 1. The third-order valence-corrected chi connectivity index (χ3v) is 5.88. The van der Waals surface area contributed by atoms with Crippen molar-refractivity contribution in [2.75, 3.05) is 19.3 Å². The Kier molecular flexibility index (Phi) is 5.47. The molecule has 0 saturated carbocycles. The molecule has 0 aliphatic carbocycles. The number of rotatable bonds is 3. The molecule has 0 unspecified atom stereocenters. The van der Waals surface area contributed by atoms with Crippen LogP contribution < -0.4 is 5.73 Å². The lowest BCUT2D eigenvalue weighted by molar-refractivity contribution is 0.0785. The van der Waals surface area contributed by atoms with Gasteiger partial charge in [0.2, 0.25) is 15.0 Å². The zero-order chi connectivity index (χ0) is 19.2. The SMILES string of the molecule is CS(=O)(=O)c1nc(C(=O)N2C[C@@H](N)[C@H](c3ccccc3)C2)c2ccccn12.Cl. The number of sulfone groups is 1. The van der Waals surface area contributed by atoms with Crippen molar-refractivity contribution in [1.82, 2.24) is 14.3 Å². The van der Waals surface area contributed by atoms with E-state index in [9.17, 15) is 13.2 Å². The molecule has 28 heavy (non-hydrogen) atoms. The molecule has 1 saturated heterocycles. The fourth-order valence-electron chi connectivity index (χ4n) is 3.63. The standard InChI is InChI=1S/C19H20N4O3S.ClH/c1-27(25,26)19-21-17(16-9-5-6-10-23(16)19)18(24)22-11-14(15(20)12-22)13-7-3-2-4-8-13;/h2-10,14-15H,11-12,20H2,1H3;1H/t14-,15+;/m0./s1. The van der Waals surface area contributed by atoms with Crippen LogP contribution in [0.1, 0.15) is 22.0 Å². The summed E-state index contributed by atoms with van der Waals surface area (Å²) in [5, 5.41) is -0.135. The highest BCUT2D eigenvalue weighted by molar-refractivity contribution is 7.90. The first-order valence-electron chi connectivity index (χ1n) is 8.63. The Morgan fingerprint density at radius 3 is 2.46 bits per heavy atom. The number of carbonyl (C=O) groups is 1. The number of imidazole rings is 1. The lowest BCUT2D eigenvalue weighted by Crippen LogP contribution is -2.32. The maximum atomic E-state index is 13.1. The minimum atomic E-state index is -3.57. The van der Waals surface area contributed by atoms with Crippen LogP contribution in [0.4, 0.5) is 0 Å². The first-order valence-corrected chi connectivity index (χ1v) is 10.5. The zero-order valence-electron chi connectivity index (χ0n) is 15.2. The molecule has 0 bridgehead atoms. The van der Waals surface area contributed by atoms with E-state index in [0.717, 1.165) is 11.8 Å². The lowest BCUT2D eigenvalue weighted by atomic mass is 9.95. The van der Waals surface area contributed by atoms with Gasteiger partial charge in [0.05, 0.1) is 5.52 Å². The molecule has 1 aromatic carbocycles. The van der Waals surface area contributed by atoms with E-state index in [0.29, 0.717) is 18.6 Å². The third kappa shape index (κ3) is 3.50. The second-order valence-electron chi connectivity index (χ2n) is 6.86. The van der Waals surface area contributed by atoms with E-state index in [1.165, 1.54) is 4.40 Å². The molecule has 4 rings (SSSR count). The van der Waals surface area contributed by atoms with Crippen LogP contribution in [0.25, 0.3) is 5.52 Å². The van der Waals surface area contributed by atoms with Crippen molar-refractivity contribution in [3.05, 3.63) is 66.0 Å². The normalized spacial score (nSPS) is 19.6. The van der Waals surface area contributed by atoms with Gasteiger partial charge in [0.25, 0.3) is 5.91 Å². The molecule has 148 valence electrons. The first kappa shape index (κ1) is 20.3. The molecule has 3 aromatic rings. The maximum Gasteiger partial charge on any atom is 0.274 e. The Balaban J connectivity index is 0.00000225. The molecular formula is C19H21ClN4O3S. The summed E-state index contributed by atoms with van der Waals surface area (Å²) in [5.74, 6) is -0.263. The highest BCUT2D eigenvalue weighted by atomic mass is 35.5. The summed E-state index contributed by atoms with van der Waals surface area (Å²) in [6.45, 7) is 0.878. The fraction of sp³-hybridized carbons (Fsp3) is 0.263. The summed E-state index contributed by atoms with van der Waals surface area (Å²) >= 11 is 0. The Hall–Kier alpha value is -2.42. The minimum absolute atomic E-state index is 0. The van der Waals surface area contributed by atoms with Gasteiger partial charge in [0, 0.05) is 37.5 Å². The van der Waals surface area contributed by atoms with Crippen LogP contribution in [-0.4, -0.2) is 54.0 Å². The number of aromatic nitrogens is 2. The number of amides is 1. The number of hydrogen-bond donors (Lipinski definition) is 1. The molecule has 2 N–H and O–H groups in total. The van der Waals surface area contributed by atoms with Gasteiger partial charge >= 0.3 is 0 Å². The van der Waals surface area contributed by atoms with Gasteiger partial charge in [-0.05, 0) is 17.7 Å². The predicted octanol–water partition coefficient (Wildman–Crippen LogP) is 1.73. The van der Waals surface area contributed by atoms with E-state index in [1.54, 1.807) is 29.3 Å². The van der Waals surface area contributed by atoms with Crippen LogP contribution in [-0.2, 0) is 9.84 Å². The second-order valence-corrected chi connectivity index (χ2v) is 8.77. The Labute approximate surface area is 169 Å². The Morgan fingerprint density at radius 1 is 1.11 bits per heavy atom. The quantitative estimate of drug-likeness (QED) is 0.695. The van der Waals surface area contributed by atoms with Crippen molar-refractivity contribution in [3.63, 3.8) is 0 Å². The molecule has 7 nitrogen and oxygen atoms in total. The van der Waals surface area contributed by atoms with Gasteiger partial charge in [-0.2, -0.15) is 0 Å². The summed E-state index contributed by atoms with van der Waals surface area (Å²) in [4.78, 5) is 19.0. The first-order chi connectivity index (χ1) is 12.9. The van der Waals surface area contributed by atoms with Crippen molar-refractivity contribution in [1.29, 1.82) is 0 Å². The highest BCUT2D eigenvalue weighted by Gasteiger charge is 2.36. The summed E-state index contributed by atoms with van der Waals surface area (Å²) in [6.07, 6.45) is 2.68. The van der Waals surface area contributed by atoms with Gasteiger partial charge in [-0.3, -0.25) is 9.20 Å². The van der Waals surface area contributed by atoms with Crippen LogP contribution in [0.2, 0.25) is 0 Å². The summed E-state index contributed by atoms with van der Waals surface area (Å²) in [7, 11) is -3.57. The van der Waals surface area contributed by atoms with E-state index < -0.39 is 9.84 Å². The van der Waals surface area contributed by atoms with E-state index in [-0.39, 0.29) is 41.1 Å². The Bertz CT molecular complexity index is 1110. The third-order valence-electron chi connectivity index (χ3n) is 4.93. The van der Waals surface area contributed by atoms with Gasteiger partial charge in [-0.15, -0.1) is 12.4 Å². The van der Waals surface area contributed by atoms with E-state index in [2.05, 4.69) is 4.98 Å². The highest BCUT2D eigenvalue weighted by Crippen LogP contribution is 2.28. The number of fused-ring (bicyclic) bond motifs is 1. The van der Waals surface area contributed by atoms with Crippen LogP contribution in [0.3, 0.4) is 0 Å². The van der Waals surface area contributed by atoms with Crippen molar-refractivity contribution < 1.29 is 13.2 Å². The molecule has 3 heterocycles. The van der Waals surface area contributed by atoms with Gasteiger partial charge in [0.15, 0.2) is 5.69 Å². The Morgan fingerprint density at radius 2 is 1.79 bits per heavy atom. The van der Waals surface area contributed by atoms with Gasteiger partial charge in [-0.1, -0.05) is 36.4 Å². The number of benzene rings is 1. The molecule has 2 atom stereocenters. The molecule has 0 radical (unpaired) electrons. The van der Waals surface area contributed by atoms with Crippen LogP contribution >= 0.6 is 12.4 Å². The largest absolute Gasteiger partial charge is 0.335 e. The number of nitrogens with zero attached hydrogens (tertiary/aromatic N) is 3. The average molecular weight is 421 g/mol. The molecule has 1 fully saturated rings. The minimum Gasteiger partial charge on any atom is -0.335 e. The molecule has 1 aliphatic rings. The molecular weight excluding hydrogens is 400 g/mol. The van der Waals surface area contributed by atoms with E-state index in [1.807, 2.05) is 30.3 Å². The average Bonchev–Trinajstić information content (AvgIpc) is 3.23. The molecule has 1 amide bonds. The summed E-state index contributed by atoms with van der Waals surface area (Å²) in [5.41, 5.74) is 7.99. The van der Waals surface area contributed by atoms with Gasteiger partial charge in [0.1, 0.15) is 0 Å². The van der Waals surface area contributed by atoms with Crippen molar-refractivity contribution >= 4 is 33.7 Å². The summed E-state index contributed by atoms with van der Waals surface area (Å²) in [6, 6.07) is 14.8. The zero-order valence-corrected chi connectivity index (χ0v) is 16.9. The number of halogens is 1. The molecule has 2 aromatic heterocycles. The van der Waals surface area contributed by atoms with Crippen molar-refractivity contribution in [2.45, 2.75) is 17.1 Å². The van der Waals surface area contributed by atoms with Gasteiger partial charge in [-0.25, -0.2) is 13.4 Å². The summed E-state index contributed by atoms with van der Waals surface area (Å²) < 4.78 is 25.6. The van der Waals surface area contributed by atoms with Crippen LogP contribution in [0.15, 0.2) is 59.9 Å². The number of carbonyl (C=O) groups excluding carboxylic acids is 1. The molecule has 0 spiro atoms. The fourth-order valence-corrected chi connectivity index (χ4v) is 4.40. The molecule has 1 aliphatic heterocycles. The lowest BCUT2D eigenvalue weighted by Gasteiger charge is -2.15. The van der Waals surface area contributed by atoms with Crippen molar-refractivity contribution in [3.8, 4) is 0 Å².